The average Bonchev–Trinajstić information content (AvgIpc) is 2.80. The molecule has 0 aromatic heterocycles. The highest BCUT2D eigenvalue weighted by Crippen LogP contribution is 2.36. The standard InChI is InChI=1S/C24H18O4S2/c25-29(26,19-11-3-1-4-12-19)23-17-9-7-15-21(23)22-16-8-10-18-24(22)30(27,28)20-13-5-2-6-14-20/h1-18H. The summed E-state index contributed by atoms with van der Waals surface area (Å²) in [6, 6.07) is 29.2. The highest BCUT2D eigenvalue weighted by atomic mass is 32.2. The largest absolute Gasteiger partial charge is 0.218 e. The zero-order valence-corrected chi connectivity index (χ0v) is 17.5. The molecular formula is C24H18O4S2. The molecule has 0 amide bonds. The Morgan fingerprint density at radius 3 is 1.03 bits per heavy atom. The summed E-state index contributed by atoms with van der Waals surface area (Å²) < 4.78 is 53.2. The van der Waals surface area contributed by atoms with Crippen LogP contribution in [-0.4, -0.2) is 16.8 Å². The highest BCUT2D eigenvalue weighted by Gasteiger charge is 2.26. The maximum Gasteiger partial charge on any atom is 0.207 e. The lowest BCUT2D eigenvalue weighted by atomic mass is 10.1. The molecule has 0 N–H and O–H groups in total. The Bertz CT molecular complexity index is 1280. The maximum atomic E-state index is 13.3. The van der Waals surface area contributed by atoms with Crippen LogP contribution in [-0.2, 0) is 19.7 Å². The van der Waals surface area contributed by atoms with Gasteiger partial charge in [0.15, 0.2) is 0 Å². The van der Waals surface area contributed by atoms with E-state index in [0.29, 0.717) is 11.1 Å². The molecule has 0 spiro atoms. The fourth-order valence-corrected chi connectivity index (χ4v) is 6.29. The number of hydrogen-bond acceptors (Lipinski definition) is 4. The van der Waals surface area contributed by atoms with Crippen LogP contribution in [0.15, 0.2) is 129 Å². The molecule has 0 unspecified atom stereocenters. The summed E-state index contributed by atoms with van der Waals surface area (Å²) in [7, 11) is -7.68. The van der Waals surface area contributed by atoms with E-state index >= 15 is 0 Å². The minimum atomic E-state index is -3.84. The van der Waals surface area contributed by atoms with Crippen molar-refractivity contribution in [3.05, 3.63) is 109 Å². The van der Waals surface area contributed by atoms with Gasteiger partial charge in [-0.15, -0.1) is 0 Å². The van der Waals surface area contributed by atoms with E-state index in [-0.39, 0.29) is 19.6 Å². The fourth-order valence-electron chi connectivity index (χ4n) is 3.30. The van der Waals surface area contributed by atoms with Crippen molar-refractivity contribution in [3.63, 3.8) is 0 Å². The van der Waals surface area contributed by atoms with E-state index in [0.717, 1.165) is 0 Å². The van der Waals surface area contributed by atoms with Crippen LogP contribution in [0.2, 0.25) is 0 Å². The topological polar surface area (TPSA) is 68.3 Å². The Hall–Kier alpha value is -3.22. The van der Waals surface area contributed by atoms with E-state index in [1.165, 1.54) is 36.4 Å². The molecule has 4 aromatic carbocycles. The summed E-state index contributed by atoms with van der Waals surface area (Å²) in [5.41, 5.74) is 0.688. The van der Waals surface area contributed by atoms with Gasteiger partial charge in [0.2, 0.25) is 19.7 Å². The molecule has 30 heavy (non-hydrogen) atoms. The molecule has 0 bridgehead atoms. The second-order valence-corrected chi connectivity index (χ2v) is 10.5. The third-order valence-electron chi connectivity index (χ3n) is 4.75. The van der Waals surface area contributed by atoms with E-state index in [9.17, 15) is 16.8 Å². The Kier molecular flexibility index (Phi) is 5.28. The quantitative estimate of drug-likeness (QED) is 0.442. The molecule has 0 aliphatic rings. The molecule has 150 valence electrons. The summed E-state index contributed by atoms with van der Waals surface area (Å²) in [4.78, 5) is 0.431. The van der Waals surface area contributed by atoms with Gasteiger partial charge < -0.3 is 0 Å². The first-order valence-corrected chi connectivity index (χ1v) is 12.2. The number of sulfone groups is 2. The molecular weight excluding hydrogens is 416 g/mol. The summed E-state index contributed by atoms with van der Waals surface area (Å²) in [6.07, 6.45) is 0. The van der Waals surface area contributed by atoms with E-state index < -0.39 is 19.7 Å². The lowest BCUT2D eigenvalue weighted by Crippen LogP contribution is -2.07. The lowest BCUT2D eigenvalue weighted by Gasteiger charge is -2.15. The van der Waals surface area contributed by atoms with Gasteiger partial charge in [0.1, 0.15) is 0 Å². The summed E-state index contributed by atoms with van der Waals surface area (Å²) in [6.45, 7) is 0. The third-order valence-corrected chi connectivity index (χ3v) is 8.41. The van der Waals surface area contributed by atoms with E-state index in [4.69, 9.17) is 0 Å². The molecule has 0 aliphatic carbocycles. The Morgan fingerprint density at radius 1 is 0.367 bits per heavy atom. The van der Waals surface area contributed by atoms with Crippen molar-refractivity contribution in [2.24, 2.45) is 0 Å². The predicted molar refractivity (Wildman–Crippen MR) is 116 cm³/mol. The second kappa shape index (κ2) is 7.89. The van der Waals surface area contributed by atoms with E-state index in [1.807, 2.05) is 0 Å². The van der Waals surface area contributed by atoms with Crippen LogP contribution in [0, 0.1) is 0 Å². The Balaban J connectivity index is 1.96. The van der Waals surface area contributed by atoms with Crippen molar-refractivity contribution >= 4 is 19.7 Å². The van der Waals surface area contributed by atoms with Gasteiger partial charge in [0.25, 0.3) is 0 Å². The van der Waals surface area contributed by atoms with E-state index in [1.54, 1.807) is 72.8 Å². The number of benzene rings is 4. The van der Waals surface area contributed by atoms with Gasteiger partial charge in [-0.3, -0.25) is 0 Å². The smallest absolute Gasteiger partial charge is 0.207 e. The third kappa shape index (κ3) is 3.56. The summed E-state index contributed by atoms with van der Waals surface area (Å²) in [5.74, 6) is 0. The van der Waals surface area contributed by atoms with Crippen LogP contribution in [0.5, 0.6) is 0 Å². The average molecular weight is 435 g/mol. The minimum absolute atomic E-state index is 0.0620. The molecule has 6 heteroatoms. The van der Waals surface area contributed by atoms with Crippen molar-refractivity contribution < 1.29 is 16.8 Å². The zero-order valence-electron chi connectivity index (χ0n) is 15.8. The first kappa shape index (κ1) is 20.1. The van der Waals surface area contributed by atoms with Crippen LogP contribution in [0.25, 0.3) is 11.1 Å². The normalized spacial score (nSPS) is 11.9. The molecule has 0 atom stereocenters. The van der Waals surface area contributed by atoms with Gasteiger partial charge in [-0.05, 0) is 36.4 Å². The predicted octanol–water partition coefficient (Wildman–Crippen LogP) is 5.02. The van der Waals surface area contributed by atoms with E-state index in [2.05, 4.69) is 0 Å². The summed E-state index contributed by atoms with van der Waals surface area (Å²) in [5, 5.41) is 0. The van der Waals surface area contributed by atoms with Crippen LogP contribution >= 0.6 is 0 Å². The van der Waals surface area contributed by atoms with Gasteiger partial charge in [0.05, 0.1) is 19.6 Å². The van der Waals surface area contributed by atoms with Gasteiger partial charge in [0, 0.05) is 11.1 Å². The van der Waals surface area contributed by atoms with Gasteiger partial charge >= 0.3 is 0 Å². The lowest BCUT2D eigenvalue weighted by molar-refractivity contribution is 0.593. The van der Waals surface area contributed by atoms with Crippen molar-refractivity contribution in [1.82, 2.24) is 0 Å². The molecule has 0 aliphatic heterocycles. The van der Waals surface area contributed by atoms with Gasteiger partial charge in [-0.1, -0.05) is 72.8 Å². The second-order valence-electron chi connectivity index (χ2n) is 6.63. The molecule has 0 heterocycles. The fraction of sp³-hybridized carbons (Fsp3) is 0. The van der Waals surface area contributed by atoms with Crippen molar-refractivity contribution in [1.29, 1.82) is 0 Å². The maximum absolute atomic E-state index is 13.3. The number of hydrogen-bond donors (Lipinski definition) is 0. The molecule has 0 saturated carbocycles. The molecule has 4 nitrogen and oxygen atoms in total. The zero-order chi connectivity index (χ0) is 21.2. The van der Waals surface area contributed by atoms with Crippen LogP contribution < -0.4 is 0 Å². The van der Waals surface area contributed by atoms with Crippen LogP contribution in [0.4, 0.5) is 0 Å². The van der Waals surface area contributed by atoms with Gasteiger partial charge in [-0.2, -0.15) is 0 Å². The van der Waals surface area contributed by atoms with Crippen molar-refractivity contribution in [2.45, 2.75) is 19.6 Å². The molecule has 4 rings (SSSR count). The SMILES string of the molecule is O=S(=O)(c1ccccc1)c1ccccc1-c1ccccc1S(=O)(=O)c1ccccc1. The molecule has 0 radical (unpaired) electrons. The Labute approximate surface area is 176 Å². The first-order chi connectivity index (χ1) is 14.4. The summed E-state index contributed by atoms with van der Waals surface area (Å²) >= 11 is 0. The monoisotopic (exact) mass is 434 g/mol. The number of rotatable bonds is 5. The van der Waals surface area contributed by atoms with Crippen LogP contribution in [0.1, 0.15) is 0 Å². The van der Waals surface area contributed by atoms with Crippen molar-refractivity contribution in [3.8, 4) is 11.1 Å². The molecule has 4 aromatic rings. The Morgan fingerprint density at radius 2 is 0.667 bits per heavy atom. The highest BCUT2D eigenvalue weighted by molar-refractivity contribution is 7.92. The van der Waals surface area contributed by atoms with Crippen molar-refractivity contribution in [2.75, 3.05) is 0 Å². The first-order valence-electron chi connectivity index (χ1n) is 9.21. The van der Waals surface area contributed by atoms with Crippen LogP contribution in [0.3, 0.4) is 0 Å². The molecule has 0 fully saturated rings. The minimum Gasteiger partial charge on any atom is -0.218 e. The molecule has 0 saturated heterocycles. The van der Waals surface area contributed by atoms with Gasteiger partial charge in [-0.25, -0.2) is 16.8 Å².